The van der Waals surface area contributed by atoms with Crippen LogP contribution in [0.15, 0.2) is 28.8 Å². The van der Waals surface area contributed by atoms with Gasteiger partial charge in [0.2, 0.25) is 0 Å². The minimum atomic E-state index is -0.303. The van der Waals surface area contributed by atoms with Gasteiger partial charge < -0.3 is 19.7 Å². The first kappa shape index (κ1) is 18.1. The van der Waals surface area contributed by atoms with E-state index in [2.05, 4.69) is 35.5 Å². The van der Waals surface area contributed by atoms with Crippen molar-refractivity contribution < 1.29 is 9.32 Å². The van der Waals surface area contributed by atoms with E-state index in [9.17, 15) is 4.79 Å². The molecule has 0 aliphatic carbocycles. The summed E-state index contributed by atoms with van der Waals surface area (Å²) in [4.78, 5) is 16.6. The molecule has 0 saturated heterocycles. The highest BCUT2D eigenvalue weighted by atomic mass is 16.5. The van der Waals surface area contributed by atoms with E-state index < -0.39 is 0 Å². The topological polar surface area (TPSA) is 111 Å². The standard InChI is InChI=1S/C19H23N7O2/c1-2-15-22-18(28-25-15)13-7-6-8-14(11-13)21-19(27)20-12-17-24-23-16-9-4-3-5-10-26(16)17/h6-8,11H,2-5,9-10,12H2,1H3,(H2,20,21,27). The van der Waals surface area contributed by atoms with Crippen molar-refractivity contribution in [1.29, 1.82) is 0 Å². The first-order chi connectivity index (χ1) is 13.7. The summed E-state index contributed by atoms with van der Waals surface area (Å²) in [6.45, 7) is 3.21. The SMILES string of the molecule is CCc1noc(-c2cccc(NC(=O)NCc3nnc4n3CCCCC4)c2)n1. The predicted octanol–water partition coefficient (Wildman–Crippen LogP) is 2.94. The number of anilines is 1. The van der Waals surface area contributed by atoms with Gasteiger partial charge in [-0.25, -0.2) is 4.79 Å². The summed E-state index contributed by atoms with van der Waals surface area (Å²) in [6, 6.07) is 7.00. The van der Waals surface area contributed by atoms with E-state index in [1.807, 2.05) is 25.1 Å². The Hall–Kier alpha value is -3.23. The van der Waals surface area contributed by atoms with Gasteiger partial charge in [-0.1, -0.05) is 24.6 Å². The number of carbonyl (C=O) groups is 1. The van der Waals surface area contributed by atoms with E-state index in [4.69, 9.17) is 4.52 Å². The zero-order valence-corrected chi connectivity index (χ0v) is 15.8. The molecule has 1 aromatic carbocycles. The Morgan fingerprint density at radius 3 is 3.04 bits per heavy atom. The molecule has 0 radical (unpaired) electrons. The third kappa shape index (κ3) is 4.03. The highest BCUT2D eigenvalue weighted by molar-refractivity contribution is 5.89. The minimum absolute atomic E-state index is 0.303. The number of hydrogen-bond acceptors (Lipinski definition) is 6. The molecule has 28 heavy (non-hydrogen) atoms. The van der Waals surface area contributed by atoms with Crippen LogP contribution >= 0.6 is 0 Å². The van der Waals surface area contributed by atoms with Crippen LogP contribution in [0.1, 0.15) is 43.7 Å². The maximum atomic E-state index is 12.3. The summed E-state index contributed by atoms with van der Waals surface area (Å²) >= 11 is 0. The van der Waals surface area contributed by atoms with Crippen molar-refractivity contribution in [2.45, 2.75) is 52.1 Å². The maximum absolute atomic E-state index is 12.3. The minimum Gasteiger partial charge on any atom is -0.334 e. The van der Waals surface area contributed by atoms with E-state index in [0.717, 1.165) is 43.0 Å². The predicted molar refractivity (Wildman–Crippen MR) is 103 cm³/mol. The molecule has 146 valence electrons. The fourth-order valence-electron chi connectivity index (χ4n) is 3.26. The number of benzene rings is 1. The lowest BCUT2D eigenvalue weighted by atomic mass is 10.2. The van der Waals surface area contributed by atoms with Gasteiger partial charge in [0.15, 0.2) is 11.6 Å². The summed E-state index contributed by atoms with van der Waals surface area (Å²) < 4.78 is 7.37. The van der Waals surface area contributed by atoms with E-state index in [-0.39, 0.29) is 6.03 Å². The van der Waals surface area contributed by atoms with Crippen molar-refractivity contribution in [2.24, 2.45) is 0 Å². The van der Waals surface area contributed by atoms with Crippen LogP contribution < -0.4 is 10.6 Å². The highest BCUT2D eigenvalue weighted by Crippen LogP contribution is 2.21. The average Bonchev–Trinajstić information content (AvgIpc) is 3.27. The number of amides is 2. The van der Waals surface area contributed by atoms with Crippen molar-refractivity contribution in [3.8, 4) is 11.5 Å². The largest absolute Gasteiger partial charge is 0.334 e. The van der Waals surface area contributed by atoms with Gasteiger partial charge in [0, 0.05) is 30.6 Å². The third-order valence-corrected chi connectivity index (χ3v) is 4.74. The number of fused-ring (bicyclic) bond motifs is 1. The second kappa shape index (κ2) is 8.20. The van der Waals surface area contributed by atoms with Crippen LogP contribution in [0.4, 0.5) is 10.5 Å². The number of nitrogens with one attached hydrogen (secondary N) is 2. The quantitative estimate of drug-likeness (QED) is 0.703. The molecule has 2 aromatic heterocycles. The fourth-order valence-corrected chi connectivity index (χ4v) is 3.26. The molecule has 1 aliphatic rings. The van der Waals surface area contributed by atoms with E-state index in [1.54, 1.807) is 6.07 Å². The molecule has 1 aliphatic heterocycles. The first-order valence-corrected chi connectivity index (χ1v) is 9.61. The number of aromatic nitrogens is 5. The van der Waals surface area contributed by atoms with Gasteiger partial charge in [-0.15, -0.1) is 10.2 Å². The molecular weight excluding hydrogens is 358 g/mol. The molecule has 0 unspecified atom stereocenters. The molecule has 3 heterocycles. The molecule has 2 N–H and O–H groups in total. The van der Waals surface area contributed by atoms with Crippen molar-refractivity contribution in [3.63, 3.8) is 0 Å². The molecule has 2 amide bonds. The Morgan fingerprint density at radius 2 is 2.18 bits per heavy atom. The van der Waals surface area contributed by atoms with Gasteiger partial charge in [0.25, 0.3) is 5.89 Å². The van der Waals surface area contributed by atoms with Crippen LogP contribution in [0.5, 0.6) is 0 Å². The van der Waals surface area contributed by atoms with Crippen LogP contribution in [0, 0.1) is 0 Å². The zero-order valence-electron chi connectivity index (χ0n) is 15.8. The number of urea groups is 1. The fraction of sp³-hybridized carbons (Fsp3) is 0.421. The number of rotatable bonds is 5. The molecule has 9 nitrogen and oxygen atoms in total. The van der Waals surface area contributed by atoms with Gasteiger partial charge in [-0.3, -0.25) is 0 Å². The Bertz CT molecular complexity index is 963. The zero-order chi connectivity index (χ0) is 19.3. The van der Waals surface area contributed by atoms with E-state index in [1.165, 1.54) is 6.42 Å². The summed E-state index contributed by atoms with van der Waals surface area (Å²) in [6.07, 6.45) is 5.11. The van der Waals surface area contributed by atoms with Crippen LogP contribution in [-0.4, -0.2) is 30.9 Å². The average molecular weight is 381 g/mol. The second-order valence-corrected chi connectivity index (χ2v) is 6.75. The molecule has 4 rings (SSSR count). The molecule has 3 aromatic rings. The van der Waals surface area contributed by atoms with Gasteiger partial charge in [0.1, 0.15) is 5.82 Å². The molecule has 0 spiro atoms. The molecular formula is C19H23N7O2. The van der Waals surface area contributed by atoms with E-state index >= 15 is 0 Å². The summed E-state index contributed by atoms with van der Waals surface area (Å²) in [5, 5.41) is 18.1. The molecule has 9 heteroatoms. The van der Waals surface area contributed by atoms with Gasteiger partial charge in [-0.2, -0.15) is 4.98 Å². The van der Waals surface area contributed by atoms with Crippen LogP contribution in [0.2, 0.25) is 0 Å². The lowest BCUT2D eigenvalue weighted by Gasteiger charge is -2.10. The van der Waals surface area contributed by atoms with Crippen LogP contribution in [0.25, 0.3) is 11.5 Å². The molecule has 0 bridgehead atoms. The number of nitrogens with zero attached hydrogens (tertiary/aromatic N) is 5. The second-order valence-electron chi connectivity index (χ2n) is 6.75. The monoisotopic (exact) mass is 381 g/mol. The molecule has 0 atom stereocenters. The first-order valence-electron chi connectivity index (χ1n) is 9.61. The summed E-state index contributed by atoms with van der Waals surface area (Å²) in [5.41, 5.74) is 1.40. The van der Waals surface area contributed by atoms with E-state index in [0.29, 0.717) is 30.4 Å². The number of carbonyl (C=O) groups excluding carboxylic acids is 1. The smallest absolute Gasteiger partial charge is 0.319 e. The van der Waals surface area contributed by atoms with Crippen molar-refractivity contribution in [2.75, 3.05) is 5.32 Å². The molecule has 0 fully saturated rings. The Labute approximate surface area is 162 Å². The lowest BCUT2D eigenvalue weighted by molar-refractivity contribution is 0.251. The normalized spacial score (nSPS) is 13.6. The lowest BCUT2D eigenvalue weighted by Crippen LogP contribution is -2.29. The number of hydrogen-bond donors (Lipinski definition) is 2. The Morgan fingerprint density at radius 1 is 1.25 bits per heavy atom. The van der Waals surface area contributed by atoms with Crippen LogP contribution in [-0.2, 0) is 25.9 Å². The summed E-state index contributed by atoms with van der Waals surface area (Å²) in [5.74, 6) is 2.89. The third-order valence-electron chi connectivity index (χ3n) is 4.74. The van der Waals surface area contributed by atoms with Crippen LogP contribution in [0.3, 0.4) is 0 Å². The van der Waals surface area contributed by atoms with Crippen molar-refractivity contribution in [3.05, 3.63) is 41.7 Å². The van der Waals surface area contributed by atoms with Gasteiger partial charge in [-0.05, 0) is 31.0 Å². The Kier molecular flexibility index (Phi) is 5.31. The highest BCUT2D eigenvalue weighted by Gasteiger charge is 2.15. The molecule has 0 saturated carbocycles. The van der Waals surface area contributed by atoms with Crippen molar-refractivity contribution in [1.82, 2.24) is 30.2 Å². The number of aryl methyl sites for hydroxylation is 2. The van der Waals surface area contributed by atoms with Gasteiger partial charge in [0.05, 0.1) is 6.54 Å². The Balaban J connectivity index is 1.38. The maximum Gasteiger partial charge on any atom is 0.319 e. The van der Waals surface area contributed by atoms with Gasteiger partial charge >= 0.3 is 6.03 Å². The van der Waals surface area contributed by atoms with Crippen molar-refractivity contribution >= 4 is 11.7 Å². The summed E-state index contributed by atoms with van der Waals surface area (Å²) in [7, 11) is 0.